The third kappa shape index (κ3) is 3.56. The van der Waals surface area contributed by atoms with Gasteiger partial charge < -0.3 is 5.32 Å². The van der Waals surface area contributed by atoms with Crippen molar-refractivity contribution in [1.29, 1.82) is 0 Å². The maximum absolute atomic E-state index is 12.2. The number of anilines is 1. The molecule has 0 bridgehead atoms. The van der Waals surface area contributed by atoms with Gasteiger partial charge in [0.2, 0.25) is 10.0 Å². The lowest BCUT2D eigenvalue weighted by Crippen LogP contribution is -2.36. The van der Waals surface area contributed by atoms with Gasteiger partial charge in [0.15, 0.2) is 0 Å². The van der Waals surface area contributed by atoms with Crippen molar-refractivity contribution in [2.45, 2.75) is 33.2 Å². The van der Waals surface area contributed by atoms with Crippen molar-refractivity contribution in [2.24, 2.45) is 5.92 Å². The summed E-state index contributed by atoms with van der Waals surface area (Å²) in [5.74, 6) is 0.346. The molecule has 2 rings (SSSR count). The Labute approximate surface area is 126 Å². The normalized spacial score (nSPS) is 18.8. The van der Waals surface area contributed by atoms with Gasteiger partial charge in [-0.25, -0.2) is 8.42 Å². The van der Waals surface area contributed by atoms with Crippen molar-refractivity contribution < 1.29 is 13.2 Å². The molecule has 1 N–H and O–H groups in total. The summed E-state index contributed by atoms with van der Waals surface area (Å²) < 4.78 is 25.3. The highest BCUT2D eigenvalue weighted by Crippen LogP contribution is 2.24. The summed E-state index contributed by atoms with van der Waals surface area (Å²) in [6.45, 7) is 6.52. The minimum Gasteiger partial charge on any atom is -0.349 e. The molecule has 1 aromatic rings. The molecular formula is C15H22N2O3S. The lowest BCUT2D eigenvalue weighted by atomic mass is 10.1. The molecule has 1 saturated heterocycles. The van der Waals surface area contributed by atoms with Gasteiger partial charge in [-0.2, -0.15) is 0 Å². The molecule has 1 unspecified atom stereocenters. The lowest BCUT2D eigenvalue weighted by molar-refractivity contribution is 0.0930. The third-order valence-corrected chi connectivity index (χ3v) is 5.72. The molecule has 6 heteroatoms. The van der Waals surface area contributed by atoms with Gasteiger partial charge in [0, 0.05) is 18.2 Å². The molecule has 0 spiro atoms. The average Bonchev–Trinajstić information content (AvgIpc) is 2.78. The van der Waals surface area contributed by atoms with Crippen LogP contribution in [0.2, 0.25) is 0 Å². The van der Waals surface area contributed by atoms with E-state index in [9.17, 15) is 13.2 Å². The van der Waals surface area contributed by atoms with E-state index in [1.807, 2.05) is 20.8 Å². The van der Waals surface area contributed by atoms with Crippen molar-refractivity contribution >= 4 is 21.6 Å². The summed E-state index contributed by atoms with van der Waals surface area (Å²) in [5.41, 5.74) is 1.06. The highest BCUT2D eigenvalue weighted by molar-refractivity contribution is 7.93. The van der Waals surface area contributed by atoms with E-state index in [4.69, 9.17) is 0 Å². The fourth-order valence-corrected chi connectivity index (χ4v) is 3.74. The van der Waals surface area contributed by atoms with Crippen LogP contribution in [0.15, 0.2) is 24.3 Å². The van der Waals surface area contributed by atoms with Gasteiger partial charge in [0.25, 0.3) is 5.91 Å². The monoisotopic (exact) mass is 310 g/mol. The number of carbonyl (C=O) groups is 1. The molecule has 1 aliphatic rings. The number of carbonyl (C=O) groups excluding carboxylic acids is 1. The molecule has 1 fully saturated rings. The fourth-order valence-electron chi connectivity index (χ4n) is 2.19. The predicted octanol–water partition coefficient (Wildman–Crippen LogP) is 2.00. The summed E-state index contributed by atoms with van der Waals surface area (Å²) in [4.78, 5) is 12.2. The first-order valence-corrected chi connectivity index (χ1v) is 8.83. The first-order chi connectivity index (χ1) is 9.81. The van der Waals surface area contributed by atoms with E-state index in [0.717, 1.165) is 0 Å². The molecule has 1 heterocycles. The van der Waals surface area contributed by atoms with Gasteiger partial charge in [-0.05, 0) is 37.5 Å². The van der Waals surface area contributed by atoms with E-state index in [1.54, 1.807) is 24.3 Å². The second-order valence-electron chi connectivity index (χ2n) is 5.80. The Bertz CT molecular complexity index is 626. The number of hydrogen-bond acceptors (Lipinski definition) is 3. The van der Waals surface area contributed by atoms with Crippen molar-refractivity contribution in [3.63, 3.8) is 0 Å². The second-order valence-corrected chi connectivity index (χ2v) is 7.81. The predicted molar refractivity (Wildman–Crippen MR) is 84.0 cm³/mol. The number of hydrogen-bond donors (Lipinski definition) is 1. The molecule has 0 radical (unpaired) electrons. The Morgan fingerprint density at radius 1 is 1.29 bits per heavy atom. The lowest BCUT2D eigenvalue weighted by Gasteiger charge is -2.19. The minimum absolute atomic E-state index is 0.0664. The number of nitrogens with one attached hydrogen (secondary N) is 1. The van der Waals surface area contributed by atoms with Crippen molar-refractivity contribution in [3.05, 3.63) is 29.8 Å². The minimum atomic E-state index is -3.22. The Morgan fingerprint density at radius 3 is 2.57 bits per heavy atom. The summed E-state index contributed by atoms with van der Waals surface area (Å²) >= 11 is 0. The van der Waals surface area contributed by atoms with Crippen LogP contribution in [0.3, 0.4) is 0 Å². The van der Waals surface area contributed by atoms with Gasteiger partial charge in [-0.1, -0.05) is 19.9 Å². The summed E-state index contributed by atoms with van der Waals surface area (Å²) in [5, 5.41) is 2.93. The number of sulfonamides is 1. The Hall–Kier alpha value is -1.56. The molecule has 1 atom stereocenters. The molecule has 0 saturated carbocycles. The maximum Gasteiger partial charge on any atom is 0.251 e. The van der Waals surface area contributed by atoms with E-state index in [1.165, 1.54) is 4.31 Å². The molecule has 1 aromatic carbocycles. The van der Waals surface area contributed by atoms with Crippen LogP contribution in [0.1, 0.15) is 37.6 Å². The van der Waals surface area contributed by atoms with Gasteiger partial charge in [-0.3, -0.25) is 9.10 Å². The van der Waals surface area contributed by atoms with Crippen LogP contribution in [-0.2, 0) is 10.0 Å². The molecular weight excluding hydrogens is 288 g/mol. The Morgan fingerprint density at radius 2 is 2.00 bits per heavy atom. The topological polar surface area (TPSA) is 66.5 Å². The molecule has 1 amide bonds. The number of amides is 1. The smallest absolute Gasteiger partial charge is 0.251 e. The van der Waals surface area contributed by atoms with Gasteiger partial charge in [-0.15, -0.1) is 0 Å². The highest BCUT2D eigenvalue weighted by atomic mass is 32.2. The first-order valence-electron chi connectivity index (χ1n) is 7.22. The maximum atomic E-state index is 12.2. The largest absolute Gasteiger partial charge is 0.349 e. The fraction of sp³-hybridized carbons (Fsp3) is 0.533. The first kappa shape index (κ1) is 15.8. The number of nitrogens with zero attached hydrogens (tertiary/aromatic N) is 1. The van der Waals surface area contributed by atoms with Crippen LogP contribution < -0.4 is 9.62 Å². The van der Waals surface area contributed by atoms with Crippen LogP contribution in [0.5, 0.6) is 0 Å². The molecule has 5 nitrogen and oxygen atoms in total. The van der Waals surface area contributed by atoms with Crippen LogP contribution in [0.25, 0.3) is 0 Å². The zero-order valence-corrected chi connectivity index (χ0v) is 13.5. The van der Waals surface area contributed by atoms with E-state index < -0.39 is 10.0 Å². The molecule has 0 aliphatic carbocycles. The van der Waals surface area contributed by atoms with E-state index in [-0.39, 0.29) is 17.7 Å². The van der Waals surface area contributed by atoms with Gasteiger partial charge >= 0.3 is 0 Å². The van der Waals surface area contributed by atoms with Crippen LogP contribution >= 0.6 is 0 Å². The van der Waals surface area contributed by atoms with E-state index in [2.05, 4.69) is 5.32 Å². The third-order valence-electron chi connectivity index (χ3n) is 3.85. The Kier molecular flexibility index (Phi) is 4.56. The second kappa shape index (κ2) is 6.05. The Balaban J connectivity index is 2.20. The number of benzene rings is 1. The van der Waals surface area contributed by atoms with E-state index >= 15 is 0 Å². The van der Waals surface area contributed by atoms with Crippen molar-refractivity contribution in [2.75, 3.05) is 16.6 Å². The van der Waals surface area contributed by atoms with Gasteiger partial charge in [0.1, 0.15) is 0 Å². The van der Waals surface area contributed by atoms with Crippen LogP contribution in [0.4, 0.5) is 5.69 Å². The van der Waals surface area contributed by atoms with Crippen LogP contribution in [-0.4, -0.2) is 32.7 Å². The van der Waals surface area contributed by atoms with Gasteiger partial charge in [0.05, 0.1) is 11.4 Å². The molecule has 0 aromatic heterocycles. The highest BCUT2D eigenvalue weighted by Gasteiger charge is 2.28. The van der Waals surface area contributed by atoms with Crippen molar-refractivity contribution in [3.8, 4) is 0 Å². The van der Waals surface area contributed by atoms with Crippen molar-refractivity contribution in [1.82, 2.24) is 5.32 Å². The van der Waals surface area contributed by atoms with Crippen LogP contribution in [0, 0.1) is 5.92 Å². The average molecular weight is 310 g/mol. The summed E-state index contributed by atoms with van der Waals surface area (Å²) in [6, 6.07) is 6.86. The summed E-state index contributed by atoms with van der Waals surface area (Å²) in [7, 11) is -3.22. The summed E-state index contributed by atoms with van der Waals surface area (Å²) in [6.07, 6.45) is 0.628. The molecule has 21 heavy (non-hydrogen) atoms. The van der Waals surface area contributed by atoms with E-state index in [0.29, 0.717) is 30.1 Å². The quantitative estimate of drug-likeness (QED) is 0.925. The molecule has 1 aliphatic heterocycles. The SMILES string of the molecule is CC(C)C(C)NC(=O)c1cccc(N2CCCS2(=O)=O)c1. The molecule has 116 valence electrons. The zero-order valence-electron chi connectivity index (χ0n) is 12.7. The standard InChI is InChI=1S/C15H22N2O3S/c1-11(2)12(3)16-15(18)13-6-4-7-14(10-13)17-8-5-9-21(17,19)20/h4,6-7,10-12H,5,8-9H2,1-3H3,(H,16,18). The zero-order chi connectivity index (χ0) is 15.6. The number of rotatable bonds is 4.